The molecule has 0 aliphatic carbocycles. The summed E-state index contributed by atoms with van der Waals surface area (Å²) in [6, 6.07) is 4.32. The smallest absolute Gasteiger partial charge is 0.265 e. The van der Waals surface area contributed by atoms with Gasteiger partial charge < -0.3 is 14.9 Å². The van der Waals surface area contributed by atoms with E-state index < -0.39 is 18.1 Å². The third-order valence-corrected chi connectivity index (χ3v) is 2.65. The van der Waals surface area contributed by atoms with Crippen molar-refractivity contribution in [2.75, 3.05) is 13.7 Å². The van der Waals surface area contributed by atoms with Gasteiger partial charge in [0.1, 0.15) is 11.9 Å². The first kappa shape index (κ1) is 15.7. The van der Waals surface area contributed by atoms with Crippen molar-refractivity contribution in [3.8, 4) is 5.75 Å². The van der Waals surface area contributed by atoms with E-state index in [0.717, 1.165) is 0 Å². The third kappa shape index (κ3) is 3.59. The lowest BCUT2D eigenvalue weighted by atomic mass is 9.97. The maximum absolute atomic E-state index is 11.7. The van der Waals surface area contributed by atoms with Crippen molar-refractivity contribution in [1.29, 1.82) is 0 Å². The number of methoxy groups -OCH3 is 1. The van der Waals surface area contributed by atoms with Gasteiger partial charge in [0.2, 0.25) is 0 Å². The van der Waals surface area contributed by atoms with Crippen molar-refractivity contribution in [2.45, 2.75) is 12.2 Å². The number of nitrogen functional groups attached to an aromatic ring is 1. The molecule has 20 heavy (non-hydrogen) atoms. The molecule has 1 amide bonds. The van der Waals surface area contributed by atoms with Crippen molar-refractivity contribution in [2.24, 2.45) is 11.0 Å². The Morgan fingerprint density at radius 3 is 2.85 bits per heavy atom. The number of carbonyl (C=O) groups excluding carboxylic acids is 1. The Kier molecular flexibility index (Phi) is 5.75. The number of amides is 1. The van der Waals surface area contributed by atoms with Gasteiger partial charge in [-0.1, -0.05) is 11.2 Å². The summed E-state index contributed by atoms with van der Waals surface area (Å²) in [6.07, 6.45) is -2.75. The first-order chi connectivity index (χ1) is 9.54. The van der Waals surface area contributed by atoms with E-state index in [1.165, 1.54) is 25.3 Å². The van der Waals surface area contributed by atoms with Gasteiger partial charge >= 0.3 is 0 Å². The van der Waals surface area contributed by atoms with E-state index in [4.69, 9.17) is 16.1 Å². The number of aliphatic hydroxyl groups excluding tert-OH is 2. The van der Waals surface area contributed by atoms with Crippen LogP contribution in [0.25, 0.3) is 10.4 Å². The molecule has 0 aromatic heterocycles. The molecule has 1 aromatic carbocycles. The average molecular weight is 281 g/mol. The summed E-state index contributed by atoms with van der Waals surface area (Å²) in [5, 5.41) is 22.9. The number of carbonyl (C=O) groups is 1. The molecule has 1 aromatic rings. The van der Waals surface area contributed by atoms with Crippen LogP contribution in [-0.2, 0) is 0 Å². The second-order valence-electron chi connectivity index (χ2n) is 3.85. The standard InChI is InChI=1S/C11H15N5O4/c1-20-6-2-3-7(8(4-6)11(19)15-12)10(18)9(17)5-14-16-13/h2-4,9-10,17-18H,5,12H2,1H3,(H,15,19). The van der Waals surface area contributed by atoms with E-state index in [0.29, 0.717) is 5.75 Å². The minimum atomic E-state index is -1.40. The van der Waals surface area contributed by atoms with Gasteiger partial charge in [-0.2, -0.15) is 0 Å². The normalized spacial score (nSPS) is 13.0. The van der Waals surface area contributed by atoms with Gasteiger partial charge in [0, 0.05) is 4.91 Å². The van der Waals surface area contributed by atoms with E-state index in [2.05, 4.69) is 10.0 Å². The molecule has 0 spiro atoms. The van der Waals surface area contributed by atoms with Crippen LogP contribution in [0.15, 0.2) is 23.3 Å². The molecule has 0 fully saturated rings. The monoisotopic (exact) mass is 281 g/mol. The first-order valence-corrected chi connectivity index (χ1v) is 5.61. The number of aliphatic hydroxyl groups is 2. The lowest BCUT2D eigenvalue weighted by Gasteiger charge is -2.19. The number of nitrogens with two attached hydrogens (primary N) is 1. The number of benzene rings is 1. The summed E-state index contributed by atoms with van der Waals surface area (Å²) in [7, 11) is 1.42. The fraction of sp³-hybridized carbons (Fsp3) is 0.364. The number of ether oxygens (including phenoxy) is 1. The number of hydrogen-bond donors (Lipinski definition) is 4. The highest BCUT2D eigenvalue weighted by atomic mass is 16.5. The van der Waals surface area contributed by atoms with E-state index >= 15 is 0 Å². The number of hydrogen-bond acceptors (Lipinski definition) is 6. The van der Waals surface area contributed by atoms with Gasteiger partial charge in [-0.05, 0) is 23.2 Å². The largest absolute Gasteiger partial charge is 0.497 e. The lowest BCUT2D eigenvalue weighted by molar-refractivity contribution is 0.0238. The van der Waals surface area contributed by atoms with Crippen LogP contribution in [0.1, 0.15) is 22.0 Å². The van der Waals surface area contributed by atoms with E-state index in [-0.39, 0.29) is 17.7 Å². The fourth-order valence-corrected chi connectivity index (χ4v) is 1.62. The Labute approximate surface area is 114 Å². The summed E-state index contributed by atoms with van der Waals surface area (Å²) in [5.74, 6) is 4.82. The highest BCUT2D eigenvalue weighted by Crippen LogP contribution is 2.25. The summed E-state index contributed by atoms with van der Waals surface area (Å²) >= 11 is 0. The third-order valence-electron chi connectivity index (χ3n) is 2.65. The molecule has 108 valence electrons. The predicted octanol–water partition coefficient (Wildman–Crippen LogP) is 0.00330. The number of hydrazine groups is 1. The maximum atomic E-state index is 11.7. The number of nitrogens with zero attached hydrogens (tertiary/aromatic N) is 3. The van der Waals surface area contributed by atoms with Crippen molar-refractivity contribution in [3.63, 3.8) is 0 Å². The molecule has 0 aliphatic rings. The van der Waals surface area contributed by atoms with Crippen LogP contribution >= 0.6 is 0 Å². The van der Waals surface area contributed by atoms with Crippen LogP contribution in [0.3, 0.4) is 0 Å². The number of rotatable bonds is 6. The quantitative estimate of drug-likeness (QED) is 0.144. The molecule has 0 bridgehead atoms. The summed E-state index contributed by atoms with van der Waals surface area (Å²) < 4.78 is 4.98. The Morgan fingerprint density at radius 2 is 2.30 bits per heavy atom. The molecule has 0 saturated heterocycles. The summed E-state index contributed by atoms with van der Waals surface area (Å²) in [5.41, 5.74) is 10.3. The highest BCUT2D eigenvalue weighted by Gasteiger charge is 2.23. The van der Waals surface area contributed by atoms with Crippen LogP contribution in [0, 0.1) is 0 Å². The molecule has 5 N–H and O–H groups in total. The maximum Gasteiger partial charge on any atom is 0.265 e. The molecule has 0 saturated carbocycles. The molecule has 0 radical (unpaired) electrons. The molecule has 0 aliphatic heterocycles. The van der Waals surface area contributed by atoms with E-state index in [1.807, 2.05) is 5.43 Å². The molecule has 1 rings (SSSR count). The predicted molar refractivity (Wildman–Crippen MR) is 69.6 cm³/mol. The molecular weight excluding hydrogens is 266 g/mol. The highest BCUT2D eigenvalue weighted by molar-refractivity contribution is 5.95. The van der Waals surface area contributed by atoms with Crippen LogP contribution in [0.4, 0.5) is 0 Å². The molecular formula is C11H15N5O4. The Bertz CT molecular complexity index is 530. The van der Waals surface area contributed by atoms with Crippen molar-refractivity contribution < 1.29 is 19.7 Å². The minimum absolute atomic E-state index is 0.0549. The topological polar surface area (TPSA) is 154 Å². The SMILES string of the molecule is COc1ccc(C(O)C(O)CN=[N+]=[N-])c(C(=O)NN)c1. The molecule has 0 heterocycles. The second kappa shape index (κ2) is 7.31. The van der Waals surface area contributed by atoms with Crippen LogP contribution in [0.5, 0.6) is 5.75 Å². The van der Waals surface area contributed by atoms with E-state index in [1.54, 1.807) is 0 Å². The molecule has 2 unspecified atom stereocenters. The summed E-state index contributed by atoms with van der Waals surface area (Å²) in [4.78, 5) is 14.2. The fourth-order valence-electron chi connectivity index (χ4n) is 1.62. The van der Waals surface area contributed by atoms with Gasteiger partial charge in [-0.25, -0.2) is 5.84 Å². The van der Waals surface area contributed by atoms with Crippen LogP contribution in [-0.4, -0.2) is 35.9 Å². The average Bonchev–Trinajstić information content (AvgIpc) is 2.50. The summed E-state index contributed by atoms with van der Waals surface area (Å²) in [6.45, 7) is -0.326. The second-order valence-corrected chi connectivity index (χ2v) is 3.85. The molecule has 9 nitrogen and oxygen atoms in total. The molecule has 2 atom stereocenters. The van der Waals surface area contributed by atoms with E-state index in [9.17, 15) is 15.0 Å². The van der Waals surface area contributed by atoms with Crippen molar-refractivity contribution in [1.82, 2.24) is 5.43 Å². The van der Waals surface area contributed by atoms with Gasteiger partial charge in [0.25, 0.3) is 5.91 Å². The zero-order valence-electron chi connectivity index (χ0n) is 10.7. The van der Waals surface area contributed by atoms with Gasteiger partial charge in [0.05, 0.1) is 25.3 Å². The Morgan fingerprint density at radius 1 is 1.60 bits per heavy atom. The van der Waals surface area contributed by atoms with Gasteiger partial charge in [-0.15, -0.1) is 0 Å². The zero-order valence-corrected chi connectivity index (χ0v) is 10.7. The minimum Gasteiger partial charge on any atom is -0.497 e. The van der Waals surface area contributed by atoms with Crippen molar-refractivity contribution in [3.05, 3.63) is 39.8 Å². The lowest BCUT2D eigenvalue weighted by Crippen LogP contribution is -2.32. The van der Waals surface area contributed by atoms with Gasteiger partial charge in [-0.3, -0.25) is 10.2 Å². The molecule has 9 heteroatoms. The Hall–Kier alpha value is -2.32. The zero-order chi connectivity index (χ0) is 15.1. The van der Waals surface area contributed by atoms with Gasteiger partial charge in [0.15, 0.2) is 0 Å². The number of nitrogens with one attached hydrogen (secondary N) is 1. The number of azide groups is 1. The first-order valence-electron chi connectivity index (χ1n) is 5.61. The Balaban J connectivity index is 3.15. The van der Waals surface area contributed by atoms with Crippen molar-refractivity contribution >= 4 is 5.91 Å². The van der Waals surface area contributed by atoms with Crippen LogP contribution < -0.4 is 16.0 Å². The van der Waals surface area contributed by atoms with Crippen LogP contribution in [0.2, 0.25) is 0 Å².